The van der Waals surface area contributed by atoms with Crippen molar-refractivity contribution < 1.29 is 14.3 Å². The summed E-state index contributed by atoms with van der Waals surface area (Å²) >= 11 is 0. The number of halogens is 1. The summed E-state index contributed by atoms with van der Waals surface area (Å²) in [7, 11) is 1.78. The molecule has 0 aliphatic heterocycles. The first-order valence-corrected chi connectivity index (χ1v) is 5.53. The number of nitrogens with zero attached hydrogens (tertiary/aromatic N) is 1. The van der Waals surface area contributed by atoms with E-state index < -0.39 is 0 Å². The molecule has 0 bridgehead atoms. The average molecular weight is 239 g/mol. The van der Waals surface area contributed by atoms with E-state index in [1.54, 1.807) is 24.9 Å². The summed E-state index contributed by atoms with van der Waals surface area (Å²) in [4.78, 5) is 13.3. The molecule has 4 heteroatoms. The number of Topliss-reactive ketones (excluding diaryl/α,β-unsaturated/α-hetero) is 1. The molecule has 1 unspecified atom stereocenters. The number of ketones is 1. The summed E-state index contributed by atoms with van der Waals surface area (Å²) < 4.78 is 13.4. The second-order valence-corrected chi connectivity index (χ2v) is 4.32. The van der Waals surface area contributed by atoms with Crippen molar-refractivity contribution >= 4 is 11.5 Å². The summed E-state index contributed by atoms with van der Waals surface area (Å²) in [5.74, 6) is -0.570. The Hall–Kier alpha value is -1.42. The minimum absolute atomic E-state index is 0.0235. The number of carbonyl (C=O) groups excluding carboxylic acids is 1. The van der Waals surface area contributed by atoms with Crippen molar-refractivity contribution in [2.75, 3.05) is 18.6 Å². The Morgan fingerprint density at radius 2 is 2.12 bits per heavy atom. The SMILES string of the molecule is CC(=O)c1cc(F)c(C)cc1N(C)C(C)CO. The largest absolute Gasteiger partial charge is 0.394 e. The lowest BCUT2D eigenvalue weighted by Crippen LogP contribution is -2.33. The first-order valence-electron chi connectivity index (χ1n) is 5.53. The molecule has 0 aliphatic rings. The smallest absolute Gasteiger partial charge is 0.161 e. The van der Waals surface area contributed by atoms with Crippen LogP contribution in [0.1, 0.15) is 29.8 Å². The number of aryl methyl sites for hydroxylation is 1. The molecular formula is C13H18FNO2. The van der Waals surface area contributed by atoms with Gasteiger partial charge in [0.25, 0.3) is 0 Å². The van der Waals surface area contributed by atoms with E-state index in [9.17, 15) is 9.18 Å². The highest BCUT2D eigenvalue weighted by Crippen LogP contribution is 2.25. The Morgan fingerprint density at radius 3 is 2.59 bits per heavy atom. The van der Waals surface area contributed by atoms with Gasteiger partial charge in [0.2, 0.25) is 0 Å². The Balaban J connectivity index is 3.30. The van der Waals surface area contributed by atoms with E-state index in [-0.39, 0.29) is 24.2 Å². The molecule has 0 saturated carbocycles. The molecule has 3 nitrogen and oxygen atoms in total. The third-order valence-corrected chi connectivity index (χ3v) is 2.96. The van der Waals surface area contributed by atoms with Crippen molar-refractivity contribution in [2.45, 2.75) is 26.8 Å². The fourth-order valence-electron chi connectivity index (χ4n) is 1.60. The van der Waals surface area contributed by atoms with Gasteiger partial charge in [-0.2, -0.15) is 0 Å². The van der Waals surface area contributed by atoms with Crippen LogP contribution in [0.25, 0.3) is 0 Å². The molecule has 1 aromatic carbocycles. The van der Waals surface area contributed by atoms with E-state index in [4.69, 9.17) is 5.11 Å². The van der Waals surface area contributed by atoms with E-state index in [0.717, 1.165) is 0 Å². The third-order valence-electron chi connectivity index (χ3n) is 2.96. The predicted octanol–water partition coefficient (Wildman–Crippen LogP) is 2.15. The summed E-state index contributed by atoms with van der Waals surface area (Å²) in [6, 6.07) is 2.77. The second kappa shape index (κ2) is 5.27. The minimum Gasteiger partial charge on any atom is -0.394 e. The maximum atomic E-state index is 13.4. The van der Waals surface area contributed by atoms with Gasteiger partial charge < -0.3 is 10.0 Å². The first-order chi connectivity index (χ1) is 7.88. The fourth-order valence-corrected chi connectivity index (χ4v) is 1.60. The number of carbonyl (C=O) groups is 1. The molecular weight excluding hydrogens is 221 g/mol. The van der Waals surface area contributed by atoms with E-state index >= 15 is 0 Å². The summed E-state index contributed by atoms with van der Waals surface area (Å²) in [6.07, 6.45) is 0. The molecule has 94 valence electrons. The van der Waals surface area contributed by atoms with Gasteiger partial charge in [0.1, 0.15) is 5.82 Å². The van der Waals surface area contributed by atoms with Crippen LogP contribution in [0.15, 0.2) is 12.1 Å². The third kappa shape index (κ3) is 2.82. The molecule has 17 heavy (non-hydrogen) atoms. The average Bonchev–Trinajstić information content (AvgIpc) is 2.29. The van der Waals surface area contributed by atoms with Crippen LogP contribution in [0, 0.1) is 12.7 Å². The minimum atomic E-state index is -0.385. The molecule has 0 radical (unpaired) electrons. The van der Waals surface area contributed by atoms with Crippen LogP contribution in [-0.2, 0) is 0 Å². The molecule has 0 aromatic heterocycles. The summed E-state index contributed by atoms with van der Waals surface area (Å²) in [6.45, 7) is 4.87. The van der Waals surface area contributed by atoms with E-state index in [2.05, 4.69) is 0 Å². The van der Waals surface area contributed by atoms with E-state index in [0.29, 0.717) is 16.8 Å². The molecule has 1 aromatic rings. The van der Waals surface area contributed by atoms with Gasteiger partial charge in [-0.05, 0) is 38.5 Å². The molecule has 0 heterocycles. The van der Waals surface area contributed by atoms with Gasteiger partial charge in [0, 0.05) is 24.3 Å². The number of aliphatic hydroxyl groups excluding tert-OH is 1. The second-order valence-electron chi connectivity index (χ2n) is 4.32. The van der Waals surface area contributed by atoms with Crippen molar-refractivity contribution in [3.63, 3.8) is 0 Å². The molecule has 0 spiro atoms. The fraction of sp³-hybridized carbons (Fsp3) is 0.462. The predicted molar refractivity (Wildman–Crippen MR) is 66.1 cm³/mol. The summed E-state index contributed by atoms with van der Waals surface area (Å²) in [5.41, 5.74) is 1.48. The maximum Gasteiger partial charge on any atom is 0.161 e. The van der Waals surface area contributed by atoms with Gasteiger partial charge in [0.05, 0.1) is 6.61 Å². The lowest BCUT2D eigenvalue weighted by atomic mass is 10.0. The number of benzene rings is 1. The van der Waals surface area contributed by atoms with Crippen LogP contribution in [0.4, 0.5) is 10.1 Å². The van der Waals surface area contributed by atoms with Crippen LogP contribution in [0.2, 0.25) is 0 Å². The van der Waals surface area contributed by atoms with Crippen molar-refractivity contribution in [3.8, 4) is 0 Å². The Morgan fingerprint density at radius 1 is 1.53 bits per heavy atom. The van der Waals surface area contributed by atoms with Gasteiger partial charge in [-0.15, -0.1) is 0 Å². The molecule has 0 fully saturated rings. The van der Waals surface area contributed by atoms with E-state index in [1.165, 1.54) is 13.0 Å². The number of aliphatic hydroxyl groups is 1. The quantitative estimate of drug-likeness (QED) is 0.818. The van der Waals surface area contributed by atoms with Crippen LogP contribution in [0.3, 0.4) is 0 Å². The van der Waals surface area contributed by atoms with E-state index in [1.807, 2.05) is 6.92 Å². The van der Waals surface area contributed by atoms with Crippen molar-refractivity contribution in [3.05, 3.63) is 29.1 Å². The van der Waals surface area contributed by atoms with Gasteiger partial charge in [-0.1, -0.05) is 0 Å². The van der Waals surface area contributed by atoms with Crippen LogP contribution in [0.5, 0.6) is 0 Å². The highest BCUT2D eigenvalue weighted by molar-refractivity contribution is 5.99. The number of hydrogen-bond donors (Lipinski definition) is 1. The standard InChI is InChI=1S/C13H18FNO2/c1-8-5-13(15(4)9(2)7-16)11(10(3)17)6-12(8)14/h5-6,9,16H,7H2,1-4H3. The molecule has 1 rings (SSSR count). The van der Waals surface area contributed by atoms with Crippen LogP contribution >= 0.6 is 0 Å². The Kier molecular flexibility index (Phi) is 4.23. The molecule has 0 saturated heterocycles. The molecule has 1 atom stereocenters. The van der Waals surface area contributed by atoms with Crippen LogP contribution < -0.4 is 4.90 Å². The van der Waals surface area contributed by atoms with Gasteiger partial charge in [-0.3, -0.25) is 4.79 Å². The van der Waals surface area contributed by atoms with Gasteiger partial charge in [0.15, 0.2) is 5.78 Å². The normalized spacial score (nSPS) is 12.4. The highest BCUT2D eigenvalue weighted by Gasteiger charge is 2.17. The lowest BCUT2D eigenvalue weighted by molar-refractivity contribution is 0.101. The summed E-state index contributed by atoms with van der Waals surface area (Å²) in [5, 5.41) is 9.12. The Bertz CT molecular complexity index is 432. The highest BCUT2D eigenvalue weighted by atomic mass is 19.1. The molecule has 0 amide bonds. The zero-order valence-electron chi connectivity index (χ0n) is 10.6. The van der Waals surface area contributed by atoms with Crippen LogP contribution in [-0.4, -0.2) is 30.6 Å². The number of anilines is 1. The maximum absolute atomic E-state index is 13.4. The number of hydrogen-bond acceptors (Lipinski definition) is 3. The number of rotatable bonds is 4. The van der Waals surface area contributed by atoms with Gasteiger partial charge >= 0.3 is 0 Å². The first kappa shape index (κ1) is 13.6. The van der Waals surface area contributed by atoms with Crippen molar-refractivity contribution in [1.29, 1.82) is 0 Å². The number of likely N-dealkylation sites (N-methyl/N-ethyl adjacent to an activating group) is 1. The van der Waals surface area contributed by atoms with Gasteiger partial charge in [-0.25, -0.2) is 4.39 Å². The topological polar surface area (TPSA) is 40.5 Å². The Labute approximate surface area is 101 Å². The molecule has 0 aliphatic carbocycles. The molecule has 1 N–H and O–H groups in total. The lowest BCUT2D eigenvalue weighted by Gasteiger charge is -2.27. The van der Waals surface area contributed by atoms with Crippen molar-refractivity contribution in [2.24, 2.45) is 0 Å². The monoisotopic (exact) mass is 239 g/mol. The zero-order valence-corrected chi connectivity index (χ0v) is 10.6. The zero-order chi connectivity index (χ0) is 13.2. The van der Waals surface area contributed by atoms with Crippen molar-refractivity contribution in [1.82, 2.24) is 0 Å².